The number of hydrogen-bond acceptors (Lipinski definition) is 2. The second-order valence-electron chi connectivity index (χ2n) is 4.28. The molecular formula is C15H13F2NO2. The molecule has 2 aromatic carbocycles. The number of ether oxygens (including phenoxy) is 1. The van der Waals surface area contributed by atoms with Crippen LogP contribution in [0, 0.1) is 18.6 Å². The second-order valence-corrected chi connectivity index (χ2v) is 4.28. The van der Waals surface area contributed by atoms with Crippen LogP contribution in [0.15, 0.2) is 36.4 Å². The van der Waals surface area contributed by atoms with Crippen LogP contribution in [0.4, 0.5) is 14.5 Å². The minimum absolute atomic E-state index is 0.0599. The van der Waals surface area contributed by atoms with E-state index in [-0.39, 0.29) is 11.3 Å². The normalized spacial score (nSPS) is 10.2. The molecular weight excluding hydrogens is 264 g/mol. The molecule has 0 aromatic heterocycles. The van der Waals surface area contributed by atoms with Gasteiger partial charge in [0.05, 0.1) is 18.4 Å². The summed E-state index contributed by atoms with van der Waals surface area (Å²) in [5.74, 6) is -1.59. The zero-order chi connectivity index (χ0) is 14.7. The minimum atomic E-state index is -0.710. The lowest BCUT2D eigenvalue weighted by molar-refractivity contribution is 0.102. The Balaban J connectivity index is 2.30. The van der Waals surface area contributed by atoms with Gasteiger partial charge in [0.15, 0.2) is 0 Å². The van der Waals surface area contributed by atoms with E-state index in [2.05, 4.69) is 5.32 Å². The second kappa shape index (κ2) is 5.69. The third kappa shape index (κ3) is 2.93. The fraction of sp³-hybridized carbons (Fsp3) is 0.133. The number of aryl methyl sites for hydroxylation is 1. The number of halogens is 2. The van der Waals surface area contributed by atoms with Crippen molar-refractivity contribution >= 4 is 11.6 Å². The lowest BCUT2D eigenvalue weighted by Gasteiger charge is -2.09. The van der Waals surface area contributed by atoms with Crippen molar-refractivity contribution in [3.8, 4) is 5.75 Å². The lowest BCUT2D eigenvalue weighted by Crippen LogP contribution is -2.15. The lowest BCUT2D eigenvalue weighted by atomic mass is 10.1. The van der Waals surface area contributed by atoms with Gasteiger partial charge in [0, 0.05) is 6.07 Å². The van der Waals surface area contributed by atoms with Gasteiger partial charge >= 0.3 is 0 Å². The van der Waals surface area contributed by atoms with Gasteiger partial charge < -0.3 is 10.1 Å². The van der Waals surface area contributed by atoms with Gasteiger partial charge in [-0.2, -0.15) is 0 Å². The highest BCUT2D eigenvalue weighted by Gasteiger charge is 2.14. The van der Waals surface area contributed by atoms with E-state index in [4.69, 9.17) is 4.74 Å². The van der Waals surface area contributed by atoms with Crippen LogP contribution in [-0.4, -0.2) is 13.0 Å². The Morgan fingerprint density at radius 1 is 1.10 bits per heavy atom. The van der Waals surface area contributed by atoms with E-state index < -0.39 is 17.5 Å². The Morgan fingerprint density at radius 3 is 2.50 bits per heavy atom. The third-order valence-corrected chi connectivity index (χ3v) is 2.79. The first kappa shape index (κ1) is 14.0. The molecule has 0 heterocycles. The largest absolute Gasteiger partial charge is 0.497 e. The maximum Gasteiger partial charge on any atom is 0.258 e. The average molecular weight is 277 g/mol. The summed E-state index contributed by atoms with van der Waals surface area (Å²) in [6.07, 6.45) is 0. The number of anilines is 1. The smallest absolute Gasteiger partial charge is 0.258 e. The molecule has 0 aliphatic carbocycles. The molecule has 0 aliphatic rings. The molecule has 2 aromatic rings. The Hall–Kier alpha value is -2.43. The van der Waals surface area contributed by atoms with Gasteiger partial charge in [-0.15, -0.1) is 0 Å². The molecule has 2 rings (SSSR count). The van der Waals surface area contributed by atoms with Crippen molar-refractivity contribution in [3.63, 3.8) is 0 Å². The molecule has 0 atom stereocenters. The molecule has 0 saturated heterocycles. The number of nitrogens with one attached hydrogen (secondary N) is 1. The number of amides is 1. The first-order chi connectivity index (χ1) is 9.51. The molecule has 0 unspecified atom stereocenters. The summed E-state index contributed by atoms with van der Waals surface area (Å²) in [7, 11) is 1.43. The highest BCUT2D eigenvalue weighted by molar-refractivity contribution is 6.04. The fourth-order valence-corrected chi connectivity index (χ4v) is 1.73. The van der Waals surface area contributed by atoms with E-state index in [1.165, 1.54) is 37.4 Å². The van der Waals surface area contributed by atoms with Gasteiger partial charge in [0.25, 0.3) is 5.91 Å². The predicted octanol–water partition coefficient (Wildman–Crippen LogP) is 3.53. The summed E-state index contributed by atoms with van der Waals surface area (Å²) < 4.78 is 32.1. The first-order valence-corrected chi connectivity index (χ1v) is 5.92. The maximum absolute atomic E-state index is 13.6. The van der Waals surface area contributed by atoms with Crippen molar-refractivity contribution in [1.82, 2.24) is 0 Å². The van der Waals surface area contributed by atoms with E-state index in [1.54, 1.807) is 13.0 Å². The average Bonchev–Trinajstić information content (AvgIpc) is 2.43. The van der Waals surface area contributed by atoms with Gasteiger partial charge in [0.1, 0.15) is 17.4 Å². The van der Waals surface area contributed by atoms with Crippen molar-refractivity contribution in [1.29, 1.82) is 0 Å². The zero-order valence-electron chi connectivity index (χ0n) is 11.0. The Bertz CT molecular complexity index is 656. The molecule has 0 aliphatic heterocycles. The van der Waals surface area contributed by atoms with Crippen molar-refractivity contribution in [2.24, 2.45) is 0 Å². The molecule has 3 nitrogen and oxygen atoms in total. The first-order valence-electron chi connectivity index (χ1n) is 5.92. The number of hydrogen-bond donors (Lipinski definition) is 1. The van der Waals surface area contributed by atoms with E-state index in [0.717, 1.165) is 5.56 Å². The van der Waals surface area contributed by atoms with Crippen LogP contribution in [0.25, 0.3) is 0 Å². The van der Waals surface area contributed by atoms with Crippen LogP contribution in [0.1, 0.15) is 15.9 Å². The molecule has 0 saturated carbocycles. The summed E-state index contributed by atoms with van der Waals surface area (Å²) in [6.45, 7) is 1.74. The van der Waals surface area contributed by atoms with Crippen molar-refractivity contribution in [3.05, 3.63) is 59.2 Å². The van der Waals surface area contributed by atoms with Gasteiger partial charge in [-0.1, -0.05) is 11.6 Å². The van der Waals surface area contributed by atoms with Gasteiger partial charge in [-0.25, -0.2) is 8.78 Å². The topological polar surface area (TPSA) is 38.3 Å². The van der Waals surface area contributed by atoms with Crippen LogP contribution >= 0.6 is 0 Å². The van der Waals surface area contributed by atoms with E-state index in [0.29, 0.717) is 5.75 Å². The molecule has 1 N–H and O–H groups in total. The SMILES string of the molecule is COc1ccc(F)c(NC(=O)c2cc(C)ccc2F)c1. The number of methoxy groups -OCH3 is 1. The molecule has 20 heavy (non-hydrogen) atoms. The Labute approximate surface area is 115 Å². The van der Waals surface area contributed by atoms with Gasteiger partial charge in [0.2, 0.25) is 0 Å². The Kier molecular flexibility index (Phi) is 3.98. The third-order valence-electron chi connectivity index (χ3n) is 2.79. The maximum atomic E-state index is 13.6. The zero-order valence-corrected chi connectivity index (χ0v) is 11.0. The number of rotatable bonds is 3. The van der Waals surface area contributed by atoms with Crippen molar-refractivity contribution in [2.75, 3.05) is 12.4 Å². The molecule has 1 amide bonds. The van der Waals surface area contributed by atoms with E-state index in [9.17, 15) is 13.6 Å². The van der Waals surface area contributed by atoms with E-state index in [1.807, 2.05) is 0 Å². The quantitative estimate of drug-likeness (QED) is 0.932. The van der Waals surface area contributed by atoms with Crippen LogP contribution in [-0.2, 0) is 0 Å². The molecule has 0 spiro atoms. The number of carbonyl (C=O) groups is 1. The standard InChI is InChI=1S/C15H13F2NO2/c1-9-3-5-12(16)11(7-9)15(19)18-14-8-10(20-2)4-6-13(14)17/h3-8H,1-2H3,(H,18,19). The van der Waals surface area contributed by atoms with Crippen LogP contribution in [0.5, 0.6) is 5.75 Å². The summed E-state index contributed by atoms with van der Waals surface area (Å²) in [5.41, 5.74) is 0.546. The summed E-state index contributed by atoms with van der Waals surface area (Å²) in [6, 6.07) is 8.09. The summed E-state index contributed by atoms with van der Waals surface area (Å²) in [4.78, 5) is 12.0. The summed E-state index contributed by atoms with van der Waals surface area (Å²) in [5, 5.41) is 2.34. The van der Waals surface area contributed by atoms with E-state index >= 15 is 0 Å². The highest BCUT2D eigenvalue weighted by atomic mass is 19.1. The van der Waals surface area contributed by atoms with Crippen LogP contribution in [0.3, 0.4) is 0 Å². The summed E-state index contributed by atoms with van der Waals surface area (Å²) >= 11 is 0. The van der Waals surface area contributed by atoms with Crippen molar-refractivity contribution < 1.29 is 18.3 Å². The molecule has 0 radical (unpaired) electrons. The monoisotopic (exact) mass is 277 g/mol. The minimum Gasteiger partial charge on any atom is -0.497 e. The molecule has 5 heteroatoms. The number of benzene rings is 2. The number of carbonyl (C=O) groups excluding carboxylic acids is 1. The van der Waals surface area contributed by atoms with Crippen molar-refractivity contribution in [2.45, 2.75) is 6.92 Å². The molecule has 0 fully saturated rings. The predicted molar refractivity (Wildman–Crippen MR) is 72.0 cm³/mol. The van der Waals surface area contributed by atoms with Gasteiger partial charge in [-0.3, -0.25) is 4.79 Å². The van der Waals surface area contributed by atoms with Gasteiger partial charge in [-0.05, 0) is 31.2 Å². The molecule has 0 bridgehead atoms. The Morgan fingerprint density at radius 2 is 1.80 bits per heavy atom. The molecule has 104 valence electrons. The fourth-order valence-electron chi connectivity index (χ4n) is 1.73. The highest BCUT2D eigenvalue weighted by Crippen LogP contribution is 2.22. The van der Waals surface area contributed by atoms with Crippen LogP contribution < -0.4 is 10.1 Å². The van der Waals surface area contributed by atoms with Crippen LogP contribution in [0.2, 0.25) is 0 Å².